The lowest BCUT2D eigenvalue weighted by Gasteiger charge is -2.20. The molecule has 0 aromatic carbocycles. The lowest BCUT2D eigenvalue weighted by atomic mass is 10.0. The first-order valence-electron chi connectivity index (χ1n) is 27.5. The van der Waals surface area contributed by atoms with E-state index in [1.807, 2.05) is 6.08 Å². The highest BCUT2D eigenvalue weighted by Gasteiger charge is 2.18. The van der Waals surface area contributed by atoms with Crippen LogP contribution in [0, 0.1) is 0 Å². The molecule has 0 bridgehead atoms. The number of carbonyl (C=O) groups is 2. The van der Waals surface area contributed by atoms with Gasteiger partial charge in [-0.3, -0.25) is 9.59 Å². The smallest absolute Gasteiger partial charge is 0.305 e. The number of rotatable bonds is 51. The standard InChI is InChI=1S/C55H107NO5/c1-3-5-7-9-11-13-15-16-17-18-19-20-21-24-28-31-35-39-43-47-53(58)52(51-57)56-54(59)48-44-40-36-32-29-25-22-23-26-30-34-38-42-46-50-61-55(60)49-45-41-37-33-27-14-12-10-8-6-4-2/h43,47,52-53,57-58H,3-42,44-46,48-51H2,1-2H3,(H,56,59)/b47-43+. The predicted octanol–water partition coefficient (Wildman–Crippen LogP) is 16.5. The molecular formula is C55H107NO5. The number of allylic oxidation sites excluding steroid dienone is 1. The molecular weight excluding hydrogens is 755 g/mol. The van der Waals surface area contributed by atoms with Gasteiger partial charge in [0, 0.05) is 12.8 Å². The van der Waals surface area contributed by atoms with E-state index in [1.165, 1.54) is 218 Å². The van der Waals surface area contributed by atoms with E-state index >= 15 is 0 Å². The lowest BCUT2D eigenvalue weighted by molar-refractivity contribution is -0.143. The molecule has 0 radical (unpaired) electrons. The Morgan fingerprint density at radius 1 is 0.443 bits per heavy atom. The van der Waals surface area contributed by atoms with Crippen LogP contribution in [0.25, 0.3) is 0 Å². The van der Waals surface area contributed by atoms with Crippen molar-refractivity contribution in [2.45, 2.75) is 315 Å². The molecule has 0 saturated heterocycles. The van der Waals surface area contributed by atoms with E-state index in [0.717, 1.165) is 57.8 Å². The Bertz CT molecular complexity index is 909. The maximum absolute atomic E-state index is 12.5. The molecule has 61 heavy (non-hydrogen) atoms. The molecule has 6 heteroatoms. The second kappa shape index (κ2) is 51.2. The van der Waals surface area contributed by atoms with Gasteiger partial charge in [-0.15, -0.1) is 0 Å². The number of hydrogen-bond donors (Lipinski definition) is 3. The van der Waals surface area contributed by atoms with Crippen LogP contribution in [0.5, 0.6) is 0 Å². The highest BCUT2D eigenvalue weighted by Crippen LogP contribution is 2.17. The van der Waals surface area contributed by atoms with E-state index in [2.05, 4.69) is 19.2 Å². The van der Waals surface area contributed by atoms with E-state index in [9.17, 15) is 19.8 Å². The molecule has 2 unspecified atom stereocenters. The van der Waals surface area contributed by atoms with Gasteiger partial charge in [0.05, 0.1) is 25.4 Å². The molecule has 0 saturated carbocycles. The van der Waals surface area contributed by atoms with E-state index in [0.29, 0.717) is 19.4 Å². The van der Waals surface area contributed by atoms with E-state index in [1.54, 1.807) is 6.08 Å². The number of aliphatic hydroxyl groups is 2. The van der Waals surface area contributed by atoms with Crippen molar-refractivity contribution in [2.24, 2.45) is 0 Å². The summed E-state index contributed by atoms with van der Waals surface area (Å²) in [4.78, 5) is 24.4. The molecule has 0 aliphatic rings. The SMILES string of the molecule is CCCCCCCCCCCCCCCCCCC/C=C/C(O)C(CO)NC(=O)CCCCCCCCCCCCCCCCOC(=O)CCCCCCCCCCCCC. The summed E-state index contributed by atoms with van der Waals surface area (Å²) in [5.41, 5.74) is 0. The van der Waals surface area contributed by atoms with Crippen molar-refractivity contribution in [3.63, 3.8) is 0 Å². The second-order valence-corrected chi connectivity index (χ2v) is 18.9. The summed E-state index contributed by atoms with van der Waals surface area (Å²) >= 11 is 0. The predicted molar refractivity (Wildman–Crippen MR) is 264 cm³/mol. The molecule has 0 aliphatic carbocycles. The maximum atomic E-state index is 12.5. The molecule has 0 spiro atoms. The largest absolute Gasteiger partial charge is 0.466 e. The lowest BCUT2D eigenvalue weighted by Crippen LogP contribution is -2.45. The Morgan fingerprint density at radius 3 is 1.11 bits per heavy atom. The van der Waals surface area contributed by atoms with Crippen LogP contribution >= 0.6 is 0 Å². The first kappa shape index (κ1) is 59.6. The Labute approximate surface area is 380 Å². The highest BCUT2D eigenvalue weighted by atomic mass is 16.5. The van der Waals surface area contributed by atoms with E-state index in [-0.39, 0.29) is 18.5 Å². The Kier molecular flexibility index (Phi) is 50.1. The zero-order valence-electron chi connectivity index (χ0n) is 41.2. The van der Waals surface area contributed by atoms with Crippen LogP contribution in [0.15, 0.2) is 12.2 Å². The minimum absolute atomic E-state index is 0.00326. The quantitative estimate of drug-likeness (QED) is 0.0322. The molecule has 3 N–H and O–H groups in total. The zero-order chi connectivity index (χ0) is 44.4. The monoisotopic (exact) mass is 862 g/mol. The molecule has 0 fully saturated rings. The summed E-state index contributed by atoms with van der Waals surface area (Å²) in [7, 11) is 0. The number of unbranched alkanes of at least 4 members (excludes halogenated alkanes) is 40. The summed E-state index contributed by atoms with van der Waals surface area (Å²) in [6.07, 6.45) is 59.3. The number of amides is 1. The summed E-state index contributed by atoms with van der Waals surface area (Å²) in [5.74, 6) is -0.0791. The van der Waals surface area contributed by atoms with Crippen LogP contribution < -0.4 is 5.32 Å². The third-order valence-corrected chi connectivity index (χ3v) is 12.8. The molecule has 0 heterocycles. The average molecular weight is 862 g/mol. The number of ether oxygens (including phenoxy) is 1. The van der Waals surface area contributed by atoms with Gasteiger partial charge in [-0.05, 0) is 32.1 Å². The number of hydrogen-bond acceptors (Lipinski definition) is 5. The van der Waals surface area contributed by atoms with Gasteiger partial charge in [-0.1, -0.05) is 270 Å². The number of aliphatic hydroxyl groups excluding tert-OH is 2. The second-order valence-electron chi connectivity index (χ2n) is 18.9. The van der Waals surface area contributed by atoms with Crippen molar-refractivity contribution >= 4 is 11.9 Å². The third kappa shape index (κ3) is 47.9. The molecule has 2 atom stereocenters. The number of esters is 1. The minimum Gasteiger partial charge on any atom is -0.466 e. The molecule has 0 aliphatic heterocycles. The van der Waals surface area contributed by atoms with Gasteiger partial charge in [0.25, 0.3) is 0 Å². The van der Waals surface area contributed by atoms with Crippen molar-refractivity contribution in [2.75, 3.05) is 13.2 Å². The molecule has 6 nitrogen and oxygen atoms in total. The van der Waals surface area contributed by atoms with Crippen LogP contribution in [0.1, 0.15) is 303 Å². The summed E-state index contributed by atoms with van der Waals surface area (Å²) in [6, 6.07) is -0.635. The van der Waals surface area contributed by atoms with Gasteiger partial charge in [0.2, 0.25) is 5.91 Å². The normalized spacial score (nSPS) is 12.7. The highest BCUT2D eigenvalue weighted by molar-refractivity contribution is 5.76. The molecule has 0 aromatic heterocycles. The van der Waals surface area contributed by atoms with Crippen molar-refractivity contribution in [1.82, 2.24) is 5.32 Å². The minimum atomic E-state index is -0.851. The van der Waals surface area contributed by atoms with Crippen LogP contribution in [0.2, 0.25) is 0 Å². The van der Waals surface area contributed by atoms with Crippen LogP contribution in [-0.2, 0) is 14.3 Å². The topological polar surface area (TPSA) is 95.9 Å². The fourth-order valence-electron chi connectivity index (χ4n) is 8.58. The molecule has 1 amide bonds. The Hall–Kier alpha value is -1.40. The first-order chi connectivity index (χ1) is 30.0. The van der Waals surface area contributed by atoms with Crippen LogP contribution in [0.4, 0.5) is 0 Å². The van der Waals surface area contributed by atoms with Gasteiger partial charge < -0.3 is 20.3 Å². The van der Waals surface area contributed by atoms with Gasteiger partial charge in [-0.2, -0.15) is 0 Å². The molecule has 0 rings (SSSR count). The Morgan fingerprint density at radius 2 is 0.754 bits per heavy atom. The van der Waals surface area contributed by atoms with Crippen molar-refractivity contribution in [3.8, 4) is 0 Å². The van der Waals surface area contributed by atoms with Gasteiger partial charge in [0.1, 0.15) is 0 Å². The van der Waals surface area contributed by atoms with Crippen LogP contribution in [0.3, 0.4) is 0 Å². The average Bonchev–Trinajstić information content (AvgIpc) is 3.26. The third-order valence-electron chi connectivity index (χ3n) is 12.8. The van der Waals surface area contributed by atoms with Crippen molar-refractivity contribution in [3.05, 3.63) is 12.2 Å². The van der Waals surface area contributed by atoms with Gasteiger partial charge in [0.15, 0.2) is 0 Å². The first-order valence-corrected chi connectivity index (χ1v) is 27.5. The molecule has 0 aromatic rings. The van der Waals surface area contributed by atoms with Gasteiger partial charge in [-0.25, -0.2) is 0 Å². The van der Waals surface area contributed by atoms with Crippen LogP contribution in [-0.4, -0.2) is 47.4 Å². The fourth-order valence-corrected chi connectivity index (χ4v) is 8.58. The maximum Gasteiger partial charge on any atom is 0.305 e. The van der Waals surface area contributed by atoms with E-state index < -0.39 is 12.1 Å². The molecule has 362 valence electrons. The van der Waals surface area contributed by atoms with E-state index in [4.69, 9.17) is 4.74 Å². The van der Waals surface area contributed by atoms with Gasteiger partial charge >= 0.3 is 5.97 Å². The summed E-state index contributed by atoms with van der Waals surface area (Å²) < 4.78 is 5.45. The number of nitrogens with one attached hydrogen (secondary N) is 1. The Balaban J connectivity index is 3.48. The number of carbonyl (C=O) groups excluding carboxylic acids is 2. The zero-order valence-corrected chi connectivity index (χ0v) is 41.2. The summed E-state index contributed by atoms with van der Waals surface area (Å²) in [5, 5.41) is 23.1. The van der Waals surface area contributed by atoms with Crippen molar-refractivity contribution < 1.29 is 24.5 Å². The van der Waals surface area contributed by atoms with Crippen molar-refractivity contribution in [1.29, 1.82) is 0 Å². The summed E-state index contributed by atoms with van der Waals surface area (Å²) in [6.45, 7) is 4.89. The fraction of sp³-hybridized carbons (Fsp3) is 0.927.